The fourth-order valence-corrected chi connectivity index (χ4v) is 2.66. The number of benzene rings is 1. The summed E-state index contributed by atoms with van der Waals surface area (Å²) < 4.78 is 5.41. The van der Waals surface area contributed by atoms with E-state index in [9.17, 15) is 0 Å². The molecule has 0 amide bonds. The molecule has 1 N–H and O–H groups in total. The lowest BCUT2D eigenvalue weighted by Crippen LogP contribution is -2.50. The van der Waals surface area contributed by atoms with Gasteiger partial charge in [-0.1, -0.05) is 31.2 Å². The summed E-state index contributed by atoms with van der Waals surface area (Å²) in [6.45, 7) is 4.69. The second-order valence-corrected chi connectivity index (χ2v) is 5.32. The maximum atomic E-state index is 6.13. The smallest absolute Gasteiger partial charge is 0.0484 e. The highest BCUT2D eigenvalue weighted by Gasteiger charge is 2.30. The van der Waals surface area contributed by atoms with Crippen LogP contribution in [0.25, 0.3) is 0 Å². The highest BCUT2D eigenvalue weighted by Crippen LogP contribution is 2.22. The monoisotopic (exact) mass is 267 g/mol. The molecule has 1 fully saturated rings. The Bertz CT molecular complexity index is 357. The maximum Gasteiger partial charge on any atom is 0.0484 e. The third-order valence-electron chi connectivity index (χ3n) is 3.80. The number of halogens is 1. The molecule has 1 heterocycles. The van der Waals surface area contributed by atoms with Gasteiger partial charge in [0.15, 0.2) is 0 Å². The van der Waals surface area contributed by atoms with E-state index in [-0.39, 0.29) is 5.54 Å². The van der Waals surface area contributed by atoms with Crippen molar-refractivity contribution < 1.29 is 4.74 Å². The van der Waals surface area contributed by atoms with Crippen molar-refractivity contribution >= 4 is 11.6 Å². The highest BCUT2D eigenvalue weighted by atomic mass is 35.5. The zero-order valence-corrected chi connectivity index (χ0v) is 11.8. The van der Waals surface area contributed by atoms with Crippen molar-refractivity contribution in [3.63, 3.8) is 0 Å². The minimum atomic E-state index is 0.0588. The number of rotatable bonds is 5. The molecular weight excluding hydrogens is 246 g/mol. The van der Waals surface area contributed by atoms with Gasteiger partial charge >= 0.3 is 0 Å². The number of hydrogen-bond donors (Lipinski definition) is 1. The third-order valence-corrected chi connectivity index (χ3v) is 4.32. The Balaban J connectivity index is 1.92. The molecule has 0 bridgehead atoms. The molecule has 0 unspecified atom stereocenters. The Hall–Kier alpha value is -0.570. The van der Waals surface area contributed by atoms with Crippen LogP contribution in [0.2, 0.25) is 0 Å². The average molecular weight is 268 g/mol. The fourth-order valence-electron chi connectivity index (χ4n) is 2.30. The van der Waals surface area contributed by atoms with Crippen LogP contribution >= 0.6 is 11.6 Å². The van der Waals surface area contributed by atoms with Crippen LogP contribution in [0.1, 0.15) is 30.9 Å². The molecule has 0 saturated carbocycles. The number of alkyl halides is 1. The van der Waals surface area contributed by atoms with E-state index in [1.54, 1.807) is 0 Å². The van der Waals surface area contributed by atoms with Crippen LogP contribution in [0, 0.1) is 0 Å². The first kappa shape index (κ1) is 13.9. The largest absolute Gasteiger partial charge is 0.381 e. The Morgan fingerprint density at radius 3 is 2.33 bits per heavy atom. The van der Waals surface area contributed by atoms with Gasteiger partial charge in [-0.2, -0.15) is 0 Å². The number of ether oxygens (including phenoxy) is 1. The molecule has 2 nitrogen and oxygen atoms in total. The molecular formula is C15H22ClNO. The molecule has 0 aromatic heterocycles. The van der Waals surface area contributed by atoms with Gasteiger partial charge in [0, 0.05) is 31.2 Å². The van der Waals surface area contributed by atoms with Gasteiger partial charge in [0.05, 0.1) is 0 Å². The van der Waals surface area contributed by atoms with Crippen LogP contribution in [-0.4, -0.2) is 24.6 Å². The van der Waals surface area contributed by atoms with Gasteiger partial charge in [0.25, 0.3) is 0 Å². The third kappa shape index (κ3) is 3.47. The molecule has 1 aromatic rings. The summed E-state index contributed by atoms with van der Waals surface area (Å²) in [6.07, 6.45) is 3.10. The molecule has 1 aromatic carbocycles. The van der Waals surface area contributed by atoms with E-state index < -0.39 is 0 Å². The summed E-state index contributed by atoms with van der Waals surface area (Å²) in [5.74, 6) is 0.656. The molecule has 0 spiro atoms. The summed E-state index contributed by atoms with van der Waals surface area (Å²) in [5.41, 5.74) is 2.77. The van der Waals surface area contributed by atoms with Gasteiger partial charge in [-0.05, 0) is 30.4 Å². The Kier molecular flexibility index (Phi) is 5.04. The first-order valence-corrected chi connectivity index (χ1v) is 7.28. The SMILES string of the molecule is CCc1ccc(CNC2(CCl)CCOCC2)cc1. The van der Waals surface area contributed by atoms with Crippen LogP contribution in [0.3, 0.4) is 0 Å². The van der Waals surface area contributed by atoms with Crippen LogP contribution < -0.4 is 5.32 Å². The van der Waals surface area contributed by atoms with Crippen molar-refractivity contribution in [3.05, 3.63) is 35.4 Å². The normalized spacial score (nSPS) is 18.8. The highest BCUT2D eigenvalue weighted by molar-refractivity contribution is 6.18. The molecule has 3 heteroatoms. The van der Waals surface area contributed by atoms with Crippen molar-refractivity contribution in [3.8, 4) is 0 Å². The molecule has 0 atom stereocenters. The lowest BCUT2D eigenvalue weighted by Gasteiger charge is -2.36. The maximum absolute atomic E-state index is 6.13. The van der Waals surface area contributed by atoms with Crippen molar-refractivity contribution in [1.82, 2.24) is 5.32 Å². The first-order chi connectivity index (χ1) is 8.78. The van der Waals surface area contributed by atoms with E-state index in [4.69, 9.17) is 16.3 Å². The number of nitrogens with one attached hydrogen (secondary N) is 1. The topological polar surface area (TPSA) is 21.3 Å². The number of aryl methyl sites for hydroxylation is 1. The quantitative estimate of drug-likeness (QED) is 0.828. The van der Waals surface area contributed by atoms with Crippen molar-refractivity contribution in [1.29, 1.82) is 0 Å². The van der Waals surface area contributed by atoms with E-state index in [1.807, 2.05) is 0 Å². The molecule has 1 aliphatic rings. The Morgan fingerprint density at radius 1 is 1.17 bits per heavy atom. The fraction of sp³-hybridized carbons (Fsp3) is 0.600. The van der Waals surface area contributed by atoms with Gasteiger partial charge in [0.1, 0.15) is 0 Å². The molecule has 18 heavy (non-hydrogen) atoms. The second kappa shape index (κ2) is 6.55. The molecule has 0 radical (unpaired) electrons. The minimum absolute atomic E-state index is 0.0588. The molecule has 2 rings (SSSR count). The van der Waals surface area contributed by atoms with Gasteiger partial charge in [0.2, 0.25) is 0 Å². The lowest BCUT2D eigenvalue weighted by atomic mass is 9.92. The zero-order chi connectivity index (χ0) is 12.8. The van der Waals surface area contributed by atoms with Crippen molar-refractivity contribution in [2.24, 2.45) is 0 Å². The standard InChI is InChI=1S/C15H22ClNO/c1-2-13-3-5-14(6-4-13)11-17-15(12-16)7-9-18-10-8-15/h3-6,17H,2,7-12H2,1H3. The Morgan fingerprint density at radius 2 is 1.78 bits per heavy atom. The van der Waals surface area contributed by atoms with Crippen LogP contribution in [-0.2, 0) is 17.7 Å². The predicted molar refractivity (Wildman–Crippen MR) is 76.2 cm³/mol. The van der Waals surface area contributed by atoms with Crippen molar-refractivity contribution in [2.75, 3.05) is 19.1 Å². The van der Waals surface area contributed by atoms with Gasteiger partial charge < -0.3 is 10.1 Å². The van der Waals surface area contributed by atoms with Gasteiger partial charge in [-0.3, -0.25) is 0 Å². The average Bonchev–Trinajstić information content (AvgIpc) is 2.47. The molecule has 1 saturated heterocycles. The van der Waals surface area contributed by atoms with Gasteiger partial charge in [-0.15, -0.1) is 11.6 Å². The summed E-state index contributed by atoms with van der Waals surface area (Å²) in [4.78, 5) is 0. The van der Waals surface area contributed by atoms with E-state index in [0.717, 1.165) is 39.0 Å². The van der Waals surface area contributed by atoms with Crippen LogP contribution in [0.5, 0.6) is 0 Å². The van der Waals surface area contributed by atoms with E-state index in [2.05, 4.69) is 36.5 Å². The van der Waals surface area contributed by atoms with Crippen molar-refractivity contribution in [2.45, 2.75) is 38.3 Å². The summed E-state index contributed by atoms with van der Waals surface area (Å²) in [6, 6.07) is 8.81. The van der Waals surface area contributed by atoms with Gasteiger partial charge in [-0.25, -0.2) is 0 Å². The summed E-state index contributed by atoms with van der Waals surface area (Å²) in [7, 11) is 0. The second-order valence-electron chi connectivity index (χ2n) is 5.05. The van der Waals surface area contributed by atoms with Crippen LogP contribution in [0.15, 0.2) is 24.3 Å². The Labute approximate surface area is 115 Å². The molecule has 1 aliphatic heterocycles. The lowest BCUT2D eigenvalue weighted by molar-refractivity contribution is 0.0459. The predicted octanol–water partition coefficient (Wildman–Crippen LogP) is 3.13. The summed E-state index contributed by atoms with van der Waals surface area (Å²) >= 11 is 6.13. The number of hydrogen-bond acceptors (Lipinski definition) is 2. The molecule has 100 valence electrons. The first-order valence-electron chi connectivity index (χ1n) is 6.74. The van der Waals surface area contributed by atoms with Crippen LogP contribution in [0.4, 0.5) is 0 Å². The summed E-state index contributed by atoms with van der Waals surface area (Å²) in [5, 5.41) is 3.63. The molecule has 0 aliphatic carbocycles. The minimum Gasteiger partial charge on any atom is -0.381 e. The van der Waals surface area contributed by atoms with E-state index in [0.29, 0.717) is 5.88 Å². The van der Waals surface area contributed by atoms with E-state index in [1.165, 1.54) is 11.1 Å². The zero-order valence-electron chi connectivity index (χ0n) is 11.0. The van der Waals surface area contributed by atoms with E-state index >= 15 is 0 Å².